The van der Waals surface area contributed by atoms with Crippen molar-refractivity contribution < 1.29 is 27.9 Å². The molecule has 1 aliphatic heterocycles. The Kier molecular flexibility index (Phi) is 5.16. The van der Waals surface area contributed by atoms with Crippen LogP contribution in [0, 0.1) is 11.6 Å². The second-order valence-electron chi connectivity index (χ2n) is 5.99. The van der Waals surface area contributed by atoms with Crippen molar-refractivity contribution in [3.05, 3.63) is 53.6 Å². The third-order valence-electron chi connectivity index (χ3n) is 4.17. The Morgan fingerprint density at radius 2 is 1.85 bits per heavy atom. The Balaban J connectivity index is 1.64. The van der Waals surface area contributed by atoms with Crippen LogP contribution >= 0.6 is 0 Å². The van der Waals surface area contributed by atoms with Crippen molar-refractivity contribution in [3.8, 4) is 5.75 Å². The van der Waals surface area contributed by atoms with Crippen LogP contribution in [0.4, 0.5) is 20.2 Å². The minimum absolute atomic E-state index is 0.0659. The maximum Gasteiger partial charge on any atom is 0.264 e. The number of fused-ring (bicyclic) bond motifs is 1. The van der Waals surface area contributed by atoms with E-state index in [1.807, 2.05) is 0 Å². The fourth-order valence-electron chi connectivity index (χ4n) is 2.64. The van der Waals surface area contributed by atoms with Crippen LogP contribution < -0.4 is 15.0 Å². The van der Waals surface area contributed by atoms with E-state index in [9.17, 15) is 23.2 Å². The molecule has 3 rings (SSSR count). The minimum Gasteiger partial charge on any atom is -0.482 e. The molecule has 0 fully saturated rings. The first-order valence-corrected chi connectivity index (χ1v) is 8.17. The molecule has 140 valence electrons. The lowest BCUT2D eigenvalue weighted by molar-refractivity contribution is -0.121. The Morgan fingerprint density at radius 1 is 1.15 bits per heavy atom. The van der Waals surface area contributed by atoms with Gasteiger partial charge in [0.05, 0.1) is 5.69 Å². The smallest absolute Gasteiger partial charge is 0.264 e. The molecule has 0 bridgehead atoms. The van der Waals surface area contributed by atoms with Gasteiger partial charge in [-0.1, -0.05) is 6.07 Å². The van der Waals surface area contributed by atoms with Gasteiger partial charge in [-0.05, 0) is 30.3 Å². The van der Waals surface area contributed by atoms with Crippen LogP contribution in [0.3, 0.4) is 0 Å². The molecule has 2 aromatic rings. The monoisotopic (exact) mass is 374 g/mol. The van der Waals surface area contributed by atoms with Crippen molar-refractivity contribution in [2.75, 3.05) is 23.9 Å². The van der Waals surface area contributed by atoms with Gasteiger partial charge in [0.1, 0.15) is 23.1 Å². The standard InChI is InChI=1S/C19H16F2N2O4/c1-23-14-9-11(5-7-16(14)27-10-18(23)26)15(24)6-8-17(25)22-19-12(20)3-2-4-13(19)21/h2-5,7,9H,6,8,10H2,1H3,(H,22,25). The summed E-state index contributed by atoms with van der Waals surface area (Å²) < 4.78 is 32.4. The Morgan fingerprint density at radius 3 is 2.56 bits per heavy atom. The number of anilines is 2. The summed E-state index contributed by atoms with van der Waals surface area (Å²) >= 11 is 0. The third kappa shape index (κ3) is 3.94. The first kappa shape index (κ1) is 18.5. The predicted molar refractivity (Wildman–Crippen MR) is 93.9 cm³/mol. The number of nitrogens with zero attached hydrogens (tertiary/aromatic N) is 1. The minimum atomic E-state index is -0.892. The lowest BCUT2D eigenvalue weighted by atomic mass is 10.0. The fraction of sp³-hybridized carbons (Fsp3) is 0.211. The SMILES string of the molecule is CN1C(=O)COc2ccc(C(=O)CCC(=O)Nc3c(F)cccc3F)cc21. The molecular weight excluding hydrogens is 358 g/mol. The summed E-state index contributed by atoms with van der Waals surface area (Å²) in [5, 5.41) is 2.13. The summed E-state index contributed by atoms with van der Waals surface area (Å²) in [5.41, 5.74) is 0.236. The highest BCUT2D eigenvalue weighted by Crippen LogP contribution is 2.32. The van der Waals surface area contributed by atoms with Crippen LogP contribution in [0.5, 0.6) is 5.75 Å². The second kappa shape index (κ2) is 7.53. The fourth-order valence-corrected chi connectivity index (χ4v) is 2.64. The van der Waals surface area contributed by atoms with Crippen LogP contribution in [0.2, 0.25) is 0 Å². The number of likely N-dealkylation sites (N-methyl/N-ethyl adjacent to an activating group) is 1. The van der Waals surface area contributed by atoms with Crippen LogP contribution in [0.1, 0.15) is 23.2 Å². The lowest BCUT2D eigenvalue weighted by Gasteiger charge is -2.26. The van der Waals surface area contributed by atoms with E-state index in [4.69, 9.17) is 4.74 Å². The van der Waals surface area contributed by atoms with Crippen molar-refractivity contribution in [3.63, 3.8) is 0 Å². The maximum atomic E-state index is 13.5. The molecule has 0 spiro atoms. The molecule has 1 N–H and O–H groups in total. The van der Waals surface area contributed by atoms with Crippen molar-refractivity contribution in [2.24, 2.45) is 0 Å². The molecule has 27 heavy (non-hydrogen) atoms. The number of ether oxygens (including phenoxy) is 1. The summed E-state index contributed by atoms with van der Waals surface area (Å²) in [6.07, 6.45) is -0.395. The van der Waals surface area contributed by atoms with Crippen LogP contribution in [-0.2, 0) is 9.59 Å². The summed E-state index contributed by atoms with van der Waals surface area (Å²) in [6, 6.07) is 7.88. The molecule has 0 aliphatic carbocycles. The number of para-hydroxylation sites is 1. The molecule has 0 atom stereocenters. The molecule has 1 aliphatic rings. The van der Waals surface area contributed by atoms with Gasteiger partial charge in [-0.2, -0.15) is 0 Å². The van der Waals surface area contributed by atoms with E-state index in [1.54, 1.807) is 19.2 Å². The average molecular weight is 374 g/mol. The van der Waals surface area contributed by atoms with E-state index in [-0.39, 0.29) is 31.1 Å². The number of carbonyl (C=O) groups is 3. The molecule has 6 nitrogen and oxygen atoms in total. The largest absolute Gasteiger partial charge is 0.482 e. The van der Waals surface area contributed by atoms with Crippen molar-refractivity contribution >= 4 is 29.0 Å². The number of hydrogen-bond donors (Lipinski definition) is 1. The second-order valence-corrected chi connectivity index (χ2v) is 5.99. The zero-order valence-corrected chi connectivity index (χ0v) is 14.4. The highest BCUT2D eigenvalue weighted by Gasteiger charge is 2.23. The van der Waals surface area contributed by atoms with Gasteiger partial charge in [0.25, 0.3) is 5.91 Å². The molecule has 1 heterocycles. The zero-order valence-electron chi connectivity index (χ0n) is 14.4. The van der Waals surface area contributed by atoms with E-state index in [0.29, 0.717) is 17.0 Å². The van der Waals surface area contributed by atoms with Gasteiger partial charge >= 0.3 is 0 Å². The third-order valence-corrected chi connectivity index (χ3v) is 4.17. The van der Waals surface area contributed by atoms with Crippen LogP contribution in [0.15, 0.2) is 36.4 Å². The quantitative estimate of drug-likeness (QED) is 0.817. The van der Waals surface area contributed by atoms with E-state index < -0.39 is 23.2 Å². The lowest BCUT2D eigenvalue weighted by Crippen LogP contribution is -2.35. The summed E-state index contributed by atoms with van der Waals surface area (Å²) in [6.45, 7) is -0.0659. The summed E-state index contributed by atoms with van der Waals surface area (Å²) in [7, 11) is 1.58. The van der Waals surface area contributed by atoms with Crippen molar-refractivity contribution in [1.82, 2.24) is 0 Å². The van der Waals surface area contributed by atoms with Gasteiger partial charge in [-0.15, -0.1) is 0 Å². The number of hydrogen-bond acceptors (Lipinski definition) is 4. The van der Waals surface area contributed by atoms with Gasteiger partial charge in [0.15, 0.2) is 12.4 Å². The molecule has 2 amide bonds. The van der Waals surface area contributed by atoms with Crippen LogP contribution in [-0.4, -0.2) is 31.3 Å². The molecule has 0 unspecified atom stereocenters. The first-order chi connectivity index (χ1) is 12.9. The Bertz CT molecular complexity index is 910. The molecule has 0 saturated heterocycles. The molecule has 0 aromatic heterocycles. The molecular formula is C19H16F2N2O4. The highest BCUT2D eigenvalue weighted by atomic mass is 19.1. The highest BCUT2D eigenvalue weighted by molar-refractivity contribution is 6.03. The van der Waals surface area contributed by atoms with Crippen molar-refractivity contribution in [1.29, 1.82) is 0 Å². The van der Waals surface area contributed by atoms with Crippen LogP contribution in [0.25, 0.3) is 0 Å². The Labute approximate surface area is 153 Å². The summed E-state index contributed by atoms with van der Waals surface area (Å²) in [5.74, 6) is -2.55. The van der Waals surface area contributed by atoms with Gasteiger partial charge in [-0.25, -0.2) is 8.78 Å². The number of amides is 2. The maximum absolute atomic E-state index is 13.5. The zero-order chi connectivity index (χ0) is 19.6. The molecule has 2 aromatic carbocycles. The van der Waals surface area contributed by atoms with Gasteiger partial charge in [0.2, 0.25) is 5.91 Å². The van der Waals surface area contributed by atoms with E-state index in [0.717, 1.165) is 12.1 Å². The van der Waals surface area contributed by atoms with Gasteiger partial charge in [0, 0.05) is 25.5 Å². The molecule has 8 heteroatoms. The number of Topliss-reactive ketones (excluding diaryl/α,β-unsaturated/α-hetero) is 1. The van der Waals surface area contributed by atoms with Gasteiger partial charge in [-0.3, -0.25) is 14.4 Å². The number of carbonyl (C=O) groups excluding carboxylic acids is 3. The number of ketones is 1. The van der Waals surface area contributed by atoms with Gasteiger partial charge < -0.3 is 15.0 Å². The number of benzene rings is 2. The number of halogens is 2. The molecule has 0 saturated carbocycles. The van der Waals surface area contributed by atoms with E-state index in [1.165, 1.54) is 17.0 Å². The molecule has 0 radical (unpaired) electrons. The topological polar surface area (TPSA) is 75.7 Å². The van der Waals surface area contributed by atoms with Crippen molar-refractivity contribution in [2.45, 2.75) is 12.8 Å². The summed E-state index contributed by atoms with van der Waals surface area (Å²) in [4.78, 5) is 37.3. The normalized spacial score (nSPS) is 13.0. The predicted octanol–water partition coefficient (Wildman–Crippen LogP) is 2.92. The number of rotatable bonds is 5. The van der Waals surface area contributed by atoms with E-state index in [2.05, 4.69) is 5.32 Å². The average Bonchev–Trinajstić information content (AvgIpc) is 2.65. The Hall–Kier alpha value is -3.29. The number of nitrogens with one attached hydrogen (secondary N) is 1. The van der Waals surface area contributed by atoms with E-state index >= 15 is 0 Å². The first-order valence-electron chi connectivity index (χ1n) is 8.17.